The Bertz CT molecular complexity index is 292. The van der Waals surface area contributed by atoms with E-state index < -0.39 is 0 Å². The van der Waals surface area contributed by atoms with Gasteiger partial charge in [-0.1, -0.05) is 33.1 Å². The predicted molar refractivity (Wildman–Crippen MR) is 59.2 cm³/mol. The maximum Gasteiger partial charge on any atom is 0.254 e. The van der Waals surface area contributed by atoms with Gasteiger partial charge in [-0.2, -0.15) is 0 Å². The standard InChI is InChI=1S/C12H19NO2/c1-3-5-6-7-8-10-9(4-2)11(14)13-12(10)15/h3-8H2,1-2H3,(H,13,14,15). The Morgan fingerprint density at radius 3 is 2.20 bits per heavy atom. The highest BCUT2D eigenvalue weighted by Gasteiger charge is 2.27. The van der Waals surface area contributed by atoms with Crippen LogP contribution in [-0.4, -0.2) is 11.8 Å². The summed E-state index contributed by atoms with van der Waals surface area (Å²) in [6, 6.07) is 0. The van der Waals surface area contributed by atoms with Crippen LogP contribution in [0.3, 0.4) is 0 Å². The number of carbonyl (C=O) groups excluding carboxylic acids is 2. The summed E-state index contributed by atoms with van der Waals surface area (Å²) >= 11 is 0. The molecule has 0 bridgehead atoms. The van der Waals surface area contributed by atoms with E-state index in [1.807, 2.05) is 6.92 Å². The van der Waals surface area contributed by atoms with Crippen LogP contribution in [0.5, 0.6) is 0 Å². The third-order valence-electron chi connectivity index (χ3n) is 2.77. The van der Waals surface area contributed by atoms with E-state index in [9.17, 15) is 9.59 Å². The highest BCUT2D eigenvalue weighted by atomic mass is 16.2. The van der Waals surface area contributed by atoms with Crippen LogP contribution >= 0.6 is 0 Å². The van der Waals surface area contributed by atoms with Crippen molar-refractivity contribution in [3.8, 4) is 0 Å². The van der Waals surface area contributed by atoms with Gasteiger partial charge in [0, 0.05) is 11.1 Å². The molecule has 0 unspecified atom stereocenters. The molecule has 1 aliphatic rings. The van der Waals surface area contributed by atoms with Gasteiger partial charge >= 0.3 is 0 Å². The van der Waals surface area contributed by atoms with Crippen molar-refractivity contribution in [3.63, 3.8) is 0 Å². The molecule has 1 heterocycles. The van der Waals surface area contributed by atoms with Crippen LogP contribution in [0.1, 0.15) is 52.4 Å². The van der Waals surface area contributed by atoms with E-state index in [2.05, 4.69) is 12.2 Å². The van der Waals surface area contributed by atoms with Crippen LogP contribution in [0.15, 0.2) is 11.1 Å². The monoisotopic (exact) mass is 209 g/mol. The molecule has 0 saturated heterocycles. The SMILES string of the molecule is CCCCCCC1=C(CC)C(=O)NC1=O. The van der Waals surface area contributed by atoms with Gasteiger partial charge in [0.05, 0.1) is 0 Å². The Hall–Kier alpha value is -1.12. The minimum absolute atomic E-state index is 0.173. The van der Waals surface area contributed by atoms with Crippen molar-refractivity contribution in [2.75, 3.05) is 0 Å². The second kappa shape index (κ2) is 5.69. The summed E-state index contributed by atoms with van der Waals surface area (Å²) in [7, 11) is 0. The van der Waals surface area contributed by atoms with Crippen molar-refractivity contribution in [3.05, 3.63) is 11.1 Å². The Morgan fingerprint density at radius 1 is 0.933 bits per heavy atom. The summed E-state index contributed by atoms with van der Waals surface area (Å²) in [6.45, 7) is 4.07. The molecule has 1 aliphatic heterocycles. The summed E-state index contributed by atoms with van der Waals surface area (Å²) in [4.78, 5) is 22.8. The van der Waals surface area contributed by atoms with Crippen molar-refractivity contribution in [1.82, 2.24) is 5.32 Å². The third-order valence-corrected chi connectivity index (χ3v) is 2.77. The van der Waals surface area contributed by atoms with Crippen molar-refractivity contribution in [2.24, 2.45) is 0 Å². The number of hydrogen-bond donors (Lipinski definition) is 1. The zero-order valence-corrected chi connectivity index (χ0v) is 9.56. The molecule has 0 radical (unpaired) electrons. The number of imide groups is 1. The molecule has 0 aliphatic carbocycles. The van der Waals surface area contributed by atoms with E-state index in [0.717, 1.165) is 24.8 Å². The van der Waals surface area contributed by atoms with Crippen LogP contribution < -0.4 is 5.32 Å². The minimum Gasteiger partial charge on any atom is -0.289 e. The van der Waals surface area contributed by atoms with Gasteiger partial charge in [0.1, 0.15) is 0 Å². The topological polar surface area (TPSA) is 46.2 Å². The Balaban J connectivity index is 2.53. The Labute approximate surface area is 90.9 Å². The zero-order chi connectivity index (χ0) is 11.3. The Morgan fingerprint density at radius 2 is 1.60 bits per heavy atom. The average molecular weight is 209 g/mol. The first kappa shape index (κ1) is 12.0. The molecule has 0 aromatic heterocycles. The first-order valence-corrected chi connectivity index (χ1v) is 5.78. The molecule has 0 spiro atoms. The summed E-state index contributed by atoms with van der Waals surface area (Å²) in [6.07, 6.45) is 5.93. The van der Waals surface area contributed by atoms with Gasteiger partial charge in [0.2, 0.25) is 0 Å². The number of carbonyl (C=O) groups is 2. The molecular weight excluding hydrogens is 190 g/mol. The fourth-order valence-electron chi connectivity index (χ4n) is 1.90. The highest BCUT2D eigenvalue weighted by Crippen LogP contribution is 2.21. The molecule has 3 heteroatoms. The summed E-state index contributed by atoms with van der Waals surface area (Å²) < 4.78 is 0. The van der Waals surface area contributed by atoms with Gasteiger partial charge in [0.25, 0.3) is 11.8 Å². The molecular formula is C12H19NO2. The lowest BCUT2D eigenvalue weighted by Gasteiger charge is -2.01. The number of rotatable bonds is 6. The Kier molecular flexibility index (Phi) is 4.53. The van der Waals surface area contributed by atoms with Crippen LogP contribution in [0.4, 0.5) is 0 Å². The average Bonchev–Trinajstić information content (AvgIpc) is 2.48. The molecule has 1 rings (SSSR count). The molecule has 0 fully saturated rings. The molecule has 1 N–H and O–H groups in total. The summed E-state index contributed by atoms with van der Waals surface area (Å²) in [5.41, 5.74) is 1.41. The summed E-state index contributed by atoms with van der Waals surface area (Å²) in [5.74, 6) is -0.360. The smallest absolute Gasteiger partial charge is 0.254 e. The summed E-state index contributed by atoms with van der Waals surface area (Å²) in [5, 5.41) is 2.36. The lowest BCUT2D eigenvalue weighted by molar-refractivity contribution is -0.124. The van der Waals surface area contributed by atoms with E-state index >= 15 is 0 Å². The van der Waals surface area contributed by atoms with E-state index in [1.54, 1.807) is 0 Å². The van der Waals surface area contributed by atoms with Gasteiger partial charge in [-0.25, -0.2) is 0 Å². The van der Waals surface area contributed by atoms with Gasteiger partial charge in [-0.3, -0.25) is 14.9 Å². The second-order valence-electron chi connectivity index (χ2n) is 3.90. The molecule has 15 heavy (non-hydrogen) atoms. The van der Waals surface area contributed by atoms with Gasteiger partial charge in [0.15, 0.2) is 0 Å². The van der Waals surface area contributed by atoms with Crippen molar-refractivity contribution >= 4 is 11.8 Å². The molecule has 0 aromatic rings. The van der Waals surface area contributed by atoms with Crippen LogP contribution in [0, 0.1) is 0 Å². The largest absolute Gasteiger partial charge is 0.289 e. The minimum atomic E-state index is -0.187. The molecule has 0 saturated carbocycles. The third kappa shape index (κ3) is 2.91. The molecule has 3 nitrogen and oxygen atoms in total. The number of unbranched alkanes of at least 4 members (excludes halogenated alkanes) is 3. The van der Waals surface area contributed by atoms with E-state index in [-0.39, 0.29) is 11.8 Å². The maximum atomic E-state index is 11.4. The van der Waals surface area contributed by atoms with Gasteiger partial charge in [-0.05, 0) is 19.3 Å². The van der Waals surface area contributed by atoms with Crippen LogP contribution in [0.25, 0.3) is 0 Å². The van der Waals surface area contributed by atoms with Gasteiger partial charge < -0.3 is 0 Å². The first-order valence-electron chi connectivity index (χ1n) is 5.78. The zero-order valence-electron chi connectivity index (χ0n) is 9.56. The highest BCUT2D eigenvalue weighted by molar-refractivity contribution is 6.19. The quantitative estimate of drug-likeness (QED) is 0.539. The van der Waals surface area contributed by atoms with Gasteiger partial charge in [-0.15, -0.1) is 0 Å². The molecule has 84 valence electrons. The number of hydrogen-bond acceptors (Lipinski definition) is 2. The van der Waals surface area contributed by atoms with Crippen molar-refractivity contribution < 1.29 is 9.59 Å². The number of nitrogens with one attached hydrogen (secondary N) is 1. The second-order valence-corrected chi connectivity index (χ2v) is 3.90. The van der Waals surface area contributed by atoms with Crippen LogP contribution in [0.2, 0.25) is 0 Å². The van der Waals surface area contributed by atoms with Crippen molar-refractivity contribution in [2.45, 2.75) is 52.4 Å². The lowest BCUT2D eigenvalue weighted by Crippen LogP contribution is -2.23. The molecule has 2 amide bonds. The fourth-order valence-corrected chi connectivity index (χ4v) is 1.90. The first-order chi connectivity index (χ1) is 7.20. The van der Waals surface area contributed by atoms with E-state index in [4.69, 9.17) is 0 Å². The number of amides is 2. The lowest BCUT2D eigenvalue weighted by atomic mass is 10.0. The fraction of sp³-hybridized carbons (Fsp3) is 0.667. The normalized spacial score (nSPS) is 16.1. The van der Waals surface area contributed by atoms with Crippen LogP contribution in [-0.2, 0) is 9.59 Å². The van der Waals surface area contributed by atoms with Crippen molar-refractivity contribution in [1.29, 1.82) is 0 Å². The maximum absolute atomic E-state index is 11.4. The predicted octanol–water partition coefficient (Wildman–Crippen LogP) is 2.32. The van der Waals surface area contributed by atoms with E-state index in [0.29, 0.717) is 12.0 Å². The van der Waals surface area contributed by atoms with E-state index in [1.165, 1.54) is 12.8 Å². The molecule has 0 aromatic carbocycles. The molecule has 0 atom stereocenters.